The van der Waals surface area contributed by atoms with Crippen LogP contribution in [0.2, 0.25) is 0 Å². The van der Waals surface area contributed by atoms with Crippen LogP contribution in [-0.4, -0.2) is 75.9 Å². The predicted octanol–water partition coefficient (Wildman–Crippen LogP) is 2.02. The molecule has 2 N–H and O–H groups in total. The molecular weight excluding hydrogens is 500 g/mol. The number of piperidine rings is 1. The van der Waals surface area contributed by atoms with Crippen molar-refractivity contribution in [2.45, 2.75) is 64.3 Å². The highest BCUT2D eigenvalue weighted by Gasteiger charge is 2.61. The Hall–Kier alpha value is -2.84. The minimum absolute atomic E-state index is 0.0332. The number of ether oxygens (including phenoxy) is 1. The molecule has 1 aromatic heterocycles. The second-order valence-electron chi connectivity index (χ2n) is 9.43. The Morgan fingerprint density at radius 2 is 1.81 bits per heavy atom. The number of imidazole rings is 1. The van der Waals surface area contributed by atoms with Crippen molar-refractivity contribution >= 4 is 17.8 Å². The molecule has 0 saturated carbocycles. The van der Waals surface area contributed by atoms with Crippen LogP contribution in [0.15, 0.2) is 6.20 Å². The maximum absolute atomic E-state index is 13.0. The van der Waals surface area contributed by atoms with Gasteiger partial charge in [0.05, 0.1) is 18.0 Å². The van der Waals surface area contributed by atoms with Gasteiger partial charge in [-0.2, -0.15) is 26.3 Å². The Balaban J connectivity index is 1.76. The zero-order chi connectivity index (χ0) is 27.1. The van der Waals surface area contributed by atoms with E-state index in [0.29, 0.717) is 18.9 Å². The maximum atomic E-state index is 13.0. The first-order valence-electron chi connectivity index (χ1n) is 11.2. The zero-order valence-electron chi connectivity index (χ0n) is 19.8. The average molecular weight is 527 g/mol. The van der Waals surface area contributed by atoms with E-state index in [0.717, 1.165) is 0 Å². The van der Waals surface area contributed by atoms with Crippen molar-refractivity contribution in [2.75, 3.05) is 19.6 Å². The summed E-state index contributed by atoms with van der Waals surface area (Å²) < 4.78 is 82.9. The third-order valence-corrected chi connectivity index (χ3v) is 6.29. The molecule has 2 atom stereocenters. The molecule has 3 rings (SSSR count). The van der Waals surface area contributed by atoms with Gasteiger partial charge in [0.25, 0.3) is 12.0 Å². The molecule has 0 aliphatic carbocycles. The molecule has 0 spiro atoms. The second-order valence-corrected chi connectivity index (χ2v) is 9.43. The third kappa shape index (κ3) is 5.93. The van der Waals surface area contributed by atoms with E-state index in [9.17, 15) is 40.7 Å². The molecule has 1 fully saturated rings. The molecule has 3 heterocycles. The van der Waals surface area contributed by atoms with Crippen molar-refractivity contribution in [3.8, 4) is 0 Å². The number of amides is 2. The lowest BCUT2D eigenvalue weighted by Gasteiger charge is -2.41. The summed E-state index contributed by atoms with van der Waals surface area (Å²) in [6.07, 6.45) is -14.5. The number of hydrogen-bond acceptors (Lipinski definition) is 6. The molecule has 15 heteroatoms. The van der Waals surface area contributed by atoms with Gasteiger partial charge in [-0.3, -0.25) is 14.4 Å². The Bertz CT molecular complexity index is 994. The molecule has 9 nitrogen and oxygen atoms in total. The van der Waals surface area contributed by atoms with Gasteiger partial charge >= 0.3 is 18.3 Å². The van der Waals surface area contributed by atoms with E-state index >= 15 is 0 Å². The van der Waals surface area contributed by atoms with Crippen molar-refractivity contribution in [3.63, 3.8) is 0 Å². The number of fused-ring (bicyclic) bond motifs is 1. The van der Waals surface area contributed by atoms with E-state index in [1.54, 1.807) is 23.3 Å². The second kappa shape index (κ2) is 9.90. The normalized spacial score (nSPS) is 23.0. The van der Waals surface area contributed by atoms with Crippen molar-refractivity contribution < 1.29 is 45.5 Å². The Morgan fingerprint density at radius 1 is 1.17 bits per heavy atom. The van der Waals surface area contributed by atoms with Crippen LogP contribution in [0.25, 0.3) is 0 Å². The molecule has 0 bridgehead atoms. The quantitative estimate of drug-likeness (QED) is 0.449. The van der Waals surface area contributed by atoms with Gasteiger partial charge < -0.3 is 24.8 Å². The lowest BCUT2D eigenvalue weighted by Crippen LogP contribution is -2.62. The fourth-order valence-electron chi connectivity index (χ4n) is 4.24. The smallest absolute Gasteiger partial charge is 0.434 e. The SMILES string of the molecule is CC(C)C(=O)N1CCn2cc(C(=O)NC3(C)CCNCC3C(=O)OC(C(F)(F)F)C(F)(F)F)nc2C1. The van der Waals surface area contributed by atoms with E-state index in [1.807, 2.05) is 0 Å². The van der Waals surface area contributed by atoms with Crippen LogP contribution >= 0.6 is 0 Å². The molecule has 2 aliphatic heterocycles. The number of nitrogens with zero attached hydrogens (tertiary/aromatic N) is 3. The molecule has 2 amide bonds. The number of hydrogen-bond donors (Lipinski definition) is 2. The summed E-state index contributed by atoms with van der Waals surface area (Å²) in [6.45, 7) is 5.80. The first-order valence-corrected chi connectivity index (χ1v) is 11.2. The van der Waals surface area contributed by atoms with Crippen LogP contribution in [0.1, 0.15) is 43.5 Å². The summed E-state index contributed by atoms with van der Waals surface area (Å²) in [5.41, 5.74) is -1.57. The average Bonchev–Trinajstić information content (AvgIpc) is 3.18. The summed E-state index contributed by atoms with van der Waals surface area (Å²) in [7, 11) is 0. The minimum Gasteiger partial charge on any atom is -0.442 e. The number of nitrogens with one attached hydrogen (secondary N) is 2. The number of aromatic nitrogens is 2. The highest BCUT2D eigenvalue weighted by atomic mass is 19.4. The number of carbonyl (C=O) groups excluding carboxylic acids is 3. The van der Waals surface area contributed by atoms with Crippen LogP contribution in [0.4, 0.5) is 26.3 Å². The summed E-state index contributed by atoms with van der Waals surface area (Å²) in [6, 6.07) is 0. The van der Waals surface area contributed by atoms with Crippen LogP contribution in [0.5, 0.6) is 0 Å². The summed E-state index contributed by atoms with van der Waals surface area (Å²) in [5.74, 6) is -3.88. The molecule has 1 aromatic rings. The first kappa shape index (κ1) is 27.7. The van der Waals surface area contributed by atoms with Gasteiger partial charge in [0.2, 0.25) is 5.91 Å². The van der Waals surface area contributed by atoms with E-state index in [1.165, 1.54) is 13.1 Å². The van der Waals surface area contributed by atoms with Gasteiger partial charge in [-0.05, 0) is 19.9 Å². The third-order valence-electron chi connectivity index (χ3n) is 6.29. The molecule has 0 aromatic carbocycles. The number of alkyl halides is 6. The zero-order valence-corrected chi connectivity index (χ0v) is 19.8. The molecule has 202 valence electrons. The number of halogens is 6. The summed E-state index contributed by atoms with van der Waals surface area (Å²) in [4.78, 5) is 43.6. The minimum atomic E-state index is -5.85. The highest BCUT2D eigenvalue weighted by molar-refractivity contribution is 5.93. The Morgan fingerprint density at radius 3 is 2.39 bits per heavy atom. The standard InChI is InChI=1S/C21H27F6N5O4/c1-11(2)16(34)32-7-6-31-9-13(29-14(31)10-32)15(33)30-19(3)4-5-28-8-12(19)17(35)36-18(20(22,23)24)21(25,26)27/h9,11-12,18,28H,4-8,10H2,1-3H3,(H,30,33). The Kier molecular flexibility index (Phi) is 7.63. The number of carbonyl (C=O) groups is 3. The van der Waals surface area contributed by atoms with E-state index in [4.69, 9.17) is 0 Å². The van der Waals surface area contributed by atoms with Gasteiger partial charge in [0.1, 0.15) is 11.5 Å². The molecule has 1 saturated heterocycles. The topological polar surface area (TPSA) is 106 Å². The fraction of sp³-hybridized carbons (Fsp3) is 0.714. The fourth-order valence-corrected chi connectivity index (χ4v) is 4.24. The van der Waals surface area contributed by atoms with Gasteiger partial charge in [0.15, 0.2) is 0 Å². The summed E-state index contributed by atoms with van der Waals surface area (Å²) in [5, 5.41) is 5.28. The highest BCUT2D eigenvalue weighted by Crippen LogP contribution is 2.37. The van der Waals surface area contributed by atoms with Gasteiger partial charge in [-0.1, -0.05) is 13.8 Å². The first-order chi connectivity index (χ1) is 16.5. The predicted molar refractivity (Wildman–Crippen MR) is 111 cm³/mol. The molecule has 2 unspecified atom stereocenters. The van der Waals surface area contributed by atoms with Gasteiger partial charge in [-0.15, -0.1) is 0 Å². The van der Waals surface area contributed by atoms with Crippen LogP contribution in [0, 0.1) is 11.8 Å². The molecule has 36 heavy (non-hydrogen) atoms. The van der Waals surface area contributed by atoms with E-state index in [2.05, 4.69) is 20.4 Å². The van der Waals surface area contributed by atoms with Crippen molar-refractivity contribution in [1.29, 1.82) is 0 Å². The van der Waals surface area contributed by atoms with Gasteiger partial charge in [-0.25, -0.2) is 4.98 Å². The number of esters is 1. The lowest BCUT2D eigenvalue weighted by atomic mass is 9.79. The summed E-state index contributed by atoms with van der Waals surface area (Å²) >= 11 is 0. The van der Waals surface area contributed by atoms with Gasteiger partial charge in [0, 0.05) is 31.7 Å². The molecule has 2 aliphatic rings. The monoisotopic (exact) mass is 527 g/mol. The Labute approximate surface area is 202 Å². The van der Waals surface area contributed by atoms with Crippen molar-refractivity contribution in [3.05, 3.63) is 17.7 Å². The van der Waals surface area contributed by atoms with Crippen LogP contribution < -0.4 is 10.6 Å². The maximum Gasteiger partial charge on any atom is 0.434 e. The van der Waals surface area contributed by atoms with Crippen LogP contribution in [-0.2, 0) is 27.4 Å². The lowest BCUT2D eigenvalue weighted by molar-refractivity contribution is -0.314. The van der Waals surface area contributed by atoms with Crippen molar-refractivity contribution in [2.24, 2.45) is 11.8 Å². The molecule has 0 radical (unpaired) electrons. The van der Waals surface area contributed by atoms with Crippen molar-refractivity contribution in [1.82, 2.24) is 25.1 Å². The largest absolute Gasteiger partial charge is 0.442 e. The molecular formula is C21H27F6N5O4. The van der Waals surface area contributed by atoms with E-state index < -0.39 is 41.8 Å². The van der Waals surface area contributed by atoms with E-state index in [-0.39, 0.29) is 43.6 Å². The number of rotatable bonds is 5. The van der Waals surface area contributed by atoms with Crippen LogP contribution in [0.3, 0.4) is 0 Å².